The minimum atomic E-state index is -4.34. The van der Waals surface area contributed by atoms with E-state index in [1.807, 2.05) is 51.1 Å². The van der Waals surface area contributed by atoms with E-state index in [0.29, 0.717) is 10.6 Å². The molecule has 0 fully saturated rings. The normalized spacial score (nSPS) is 12.1. The van der Waals surface area contributed by atoms with Crippen LogP contribution in [0, 0.1) is 6.92 Å². The maximum atomic E-state index is 14.5. The van der Waals surface area contributed by atoms with E-state index >= 15 is 0 Å². The molecule has 2 amide bonds. The number of amides is 2. The van der Waals surface area contributed by atoms with E-state index in [1.54, 1.807) is 30.3 Å². The maximum Gasteiger partial charge on any atom is 0.264 e. The van der Waals surface area contributed by atoms with Gasteiger partial charge in [-0.3, -0.25) is 13.9 Å². The molecule has 4 aromatic carbocycles. The molecule has 7 nitrogen and oxygen atoms in total. The van der Waals surface area contributed by atoms with Crippen molar-refractivity contribution in [3.8, 4) is 0 Å². The molecular formula is C34H33Cl4N3O4S. The number of hydrogen-bond acceptors (Lipinski definition) is 4. The van der Waals surface area contributed by atoms with Crippen LogP contribution in [0.4, 0.5) is 5.69 Å². The fourth-order valence-corrected chi connectivity index (χ4v) is 6.98. The minimum Gasteiger partial charge on any atom is -0.352 e. The molecule has 0 aliphatic carbocycles. The molecule has 0 aliphatic heterocycles. The number of carbonyl (C=O) groups is 2. The summed E-state index contributed by atoms with van der Waals surface area (Å²) in [6.45, 7) is 4.72. The number of nitrogens with one attached hydrogen (secondary N) is 1. The van der Waals surface area contributed by atoms with E-state index in [9.17, 15) is 18.0 Å². The van der Waals surface area contributed by atoms with E-state index in [4.69, 9.17) is 46.4 Å². The molecule has 0 saturated carbocycles. The first kappa shape index (κ1) is 35.6. The highest BCUT2D eigenvalue weighted by molar-refractivity contribution is 7.92. The van der Waals surface area contributed by atoms with Crippen LogP contribution in [-0.2, 0) is 32.6 Å². The Morgan fingerprint density at radius 2 is 1.43 bits per heavy atom. The standard InChI is InChI=1S/C34H33Cl4N3O4S/c1-22(2)39-34(43)32(18-24-7-5-4-6-8-24)40(20-25-11-15-28(36)30(38)17-25)33(42)21-41(31-19-26(35)12-16-29(31)37)46(44,45)27-13-9-23(3)10-14-27/h4-17,19,22,32H,18,20-21H2,1-3H3,(H,39,43). The lowest BCUT2D eigenvalue weighted by Crippen LogP contribution is -2.54. The van der Waals surface area contributed by atoms with Crippen LogP contribution >= 0.6 is 46.4 Å². The van der Waals surface area contributed by atoms with Gasteiger partial charge >= 0.3 is 0 Å². The molecule has 12 heteroatoms. The summed E-state index contributed by atoms with van der Waals surface area (Å²) in [6.07, 6.45) is 0.162. The Kier molecular flexibility index (Phi) is 12.0. The summed E-state index contributed by atoms with van der Waals surface area (Å²) < 4.78 is 29.3. The van der Waals surface area contributed by atoms with Crippen LogP contribution in [0.2, 0.25) is 20.1 Å². The third-order valence-corrected chi connectivity index (χ3v) is 10.2. The molecule has 1 unspecified atom stereocenters. The van der Waals surface area contributed by atoms with E-state index in [2.05, 4.69) is 5.32 Å². The number of carbonyl (C=O) groups excluding carboxylic acids is 2. The molecule has 0 spiro atoms. The second kappa shape index (κ2) is 15.5. The number of sulfonamides is 1. The molecule has 4 rings (SSSR count). The fourth-order valence-electron chi connectivity index (χ4n) is 4.80. The Labute approximate surface area is 290 Å². The highest BCUT2D eigenvalue weighted by atomic mass is 35.5. The molecule has 0 heterocycles. The molecule has 0 radical (unpaired) electrons. The topological polar surface area (TPSA) is 86.8 Å². The molecule has 1 atom stereocenters. The van der Waals surface area contributed by atoms with Crippen molar-refractivity contribution in [2.24, 2.45) is 0 Å². The lowest BCUT2D eigenvalue weighted by atomic mass is 10.0. The van der Waals surface area contributed by atoms with Crippen LogP contribution in [0.3, 0.4) is 0 Å². The molecule has 1 N–H and O–H groups in total. The summed E-state index contributed by atoms with van der Waals surface area (Å²) in [5, 5.41) is 3.81. The Hall–Kier alpha value is -3.27. The van der Waals surface area contributed by atoms with Crippen molar-refractivity contribution >= 4 is 73.9 Å². The van der Waals surface area contributed by atoms with Crippen LogP contribution in [0.1, 0.15) is 30.5 Å². The van der Waals surface area contributed by atoms with Gasteiger partial charge in [0.15, 0.2) is 0 Å². The zero-order chi connectivity index (χ0) is 33.6. The monoisotopic (exact) mass is 719 g/mol. The predicted molar refractivity (Wildman–Crippen MR) is 186 cm³/mol. The van der Waals surface area contributed by atoms with Gasteiger partial charge in [0.2, 0.25) is 11.8 Å². The Morgan fingerprint density at radius 1 is 0.783 bits per heavy atom. The summed E-state index contributed by atoms with van der Waals surface area (Å²) in [7, 11) is -4.34. The first-order valence-corrected chi connectivity index (χ1v) is 17.3. The van der Waals surface area contributed by atoms with Crippen molar-refractivity contribution in [3.63, 3.8) is 0 Å². The summed E-state index contributed by atoms with van der Waals surface area (Å²) in [5.74, 6) is -1.06. The van der Waals surface area contributed by atoms with Gasteiger partial charge in [0.05, 0.1) is 25.7 Å². The first-order chi connectivity index (χ1) is 21.8. The van der Waals surface area contributed by atoms with Crippen molar-refractivity contribution in [1.29, 1.82) is 0 Å². The average molecular weight is 722 g/mol. The maximum absolute atomic E-state index is 14.5. The van der Waals surface area contributed by atoms with Gasteiger partial charge in [0, 0.05) is 24.0 Å². The molecule has 0 aromatic heterocycles. The van der Waals surface area contributed by atoms with Gasteiger partial charge in [-0.2, -0.15) is 0 Å². The molecular weight excluding hydrogens is 688 g/mol. The second-order valence-corrected chi connectivity index (χ2v) is 14.6. The fraction of sp³-hybridized carbons (Fsp3) is 0.235. The van der Waals surface area contributed by atoms with Crippen LogP contribution in [-0.4, -0.2) is 43.8 Å². The van der Waals surface area contributed by atoms with Crippen molar-refractivity contribution in [2.75, 3.05) is 10.8 Å². The molecule has 4 aromatic rings. The van der Waals surface area contributed by atoms with Gasteiger partial charge in [0.25, 0.3) is 10.0 Å². The van der Waals surface area contributed by atoms with Gasteiger partial charge in [0.1, 0.15) is 12.6 Å². The highest BCUT2D eigenvalue weighted by Crippen LogP contribution is 2.34. The number of benzene rings is 4. The number of halogens is 4. The van der Waals surface area contributed by atoms with Gasteiger partial charge in [-0.25, -0.2) is 8.42 Å². The van der Waals surface area contributed by atoms with Crippen LogP contribution in [0.25, 0.3) is 0 Å². The smallest absolute Gasteiger partial charge is 0.264 e. The van der Waals surface area contributed by atoms with Crippen LogP contribution in [0.5, 0.6) is 0 Å². The molecule has 242 valence electrons. The lowest BCUT2D eigenvalue weighted by molar-refractivity contribution is -0.140. The van der Waals surface area contributed by atoms with Crippen molar-refractivity contribution in [2.45, 2.75) is 50.7 Å². The van der Waals surface area contributed by atoms with Crippen molar-refractivity contribution in [1.82, 2.24) is 10.2 Å². The summed E-state index contributed by atoms with van der Waals surface area (Å²) in [5.41, 5.74) is 2.27. The van der Waals surface area contributed by atoms with Gasteiger partial charge in [-0.05, 0) is 74.4 Å². The summed E-state index contributed by atoms with van der Waals surface area (Å²) >= 11 is 25.3. The average Bonchev–Trinajstić information content (AvgIpc) is 3.01. The van der Waals surface area contributed by atoms with Crippen LogP contribution < -0.4 is 9.62 Å². The van der Waals surface area contributed by atoms with Crippen molar-refractivity contribution < 1.29 is 18.0 Å². The number of hydrogen-bond donors (Lipinski definition) is 1. The van der Waals surface area contributed by atoms with E-state index in [1.165, 1.54) is 35.2 Å². The molecule has 0 aliphatic rings. The SMILES string of the molecule is Cc1ccc(S(=O)(=O)N(CC(=O)N(Cc2ccc(Cl)c(Cl)c2)C(Cc2ccccc2)C(=O)NC(C)C)c2cc(Cl)ccc2Cl)cc1. The van der Waals surface area contributed by atoms with E-state index in [-0.39, 0.29) is 44.7 Å². The van der Waals surface area contributed by atoms with E-state index in [0.717, 1.165) is 15.4 Å². The number of rotatable bonds is 12. The lowest BCUT2D eigenvalue weighted by Gasteiger charge is -2.34. The van der Waals surface area contributed by atoms with Gasteiger partial charge in [-0.1, -0.05) is 100 Å². The predicted octanol–water partition coefficient (Wildman–Crippen LogP) is 7.97. The zero-order valence-corrected chi connectivity index (χ0v) is 29.2. The minimum absolute atomic E-state index is 0.0174. The third-order valence-electron chi connectivity index (χ3n) is 7.10. The Balaban J connectivity index is 1.85. The third kappa shape index (κ3) is 8.96. The van der Waals surface area contributed by atoms with Gasteiger partial charge in [-0.15, -0.1) is 0 Å². The number of aryl methyl sites for hydroxylation is 1. The zero-order valence-electron chi connectivity index (χ0n) is 25.4. The molecule has 0 bridgehead atoms. The second-order valence-electron chi connectivity index (χ2n) is 11.1. The number of anilines is 1. The van der Waals surface area contributed by atoms with Gasteiger partial charge < -0.3 is 10.2 Å². The quantitative estimate of drug-likeness (QED) is 0.161. The summed E-state index contributed by atoms with van der Waals surface area (Å²) in [4.78, 5) is 29.7. The number of nitrogens with zero attached hydrogens (tertiary/aromatic N) is 2. The highest BCUT2D eigenvalue weighted by Gasteiger charge is 2.35. The summed E-state index contributed by atoms with van der Waals surface area (Å²) in [6, 6.07) is 23.5. The van der Waals surface area contributed by atoms with Crippen LogP contribution in [0.15, 0.2) is 95.9 Å². The first-order valence-electron chi connectivity index (χ1n) is 14.4. The Bertz CT molecular complexity index is 1800. The Morgan fingerprint density at radius 3 is 2.07 bits per heavy atom. The van der Waals surface area contributed by atoms with Crippen molar-refractivity contribution in [3.05, 3.63) is 128 Å². The van der Waals surface area contributed by atoms with E-state index < -0.39 is 34.4 Å². The molecule has 0 saturated heterocycles. The largest absolute Gasteiger partial charge is 0.352 e. The molecule has 46 heavy (non-hydrogen) atoms.